The van der Waals surface area contributed by atoms with Crippen molar-refractivity contribution in [1.82, 2.24) is 10.2 Å². The van der Waals surface area contributed by atoms with Crippen LogP contribution in [0.25, 0.3) is 0 Å². The Kier molecular flexibility index (Phi) is 5.16. The Bertz CT molecular complexity index is 501. The highest BCUT2D eigenvalue weighted by Gasteiger charge is 2.22. The fourth-order valence-electron chi connectivity index (χ4n) is 2.24. The van der Waals surface area contributed by atoms with Gasteiger partial charge in [0, 0.05) is 31.7 Å². The van der Waals surface area contributed by atoms with Crippen molar-refractivity contribution in [3.63, 3.8) is 0 Å². The molecule has 1 saturated heterocycles. The molecule has 2 rings (SSSR count). The zero-order valence-corrected chi connectivity index (χ0v) is 12.1. The van der Waals surface area contributed by atoms with Crippen LogP contribution in [0.1, 0.15) is 18.4 Å². The van der Waals surface area contributed by atoms with E-state index in [9.17, 15) is 14.7 Å². The highest BCUT2D eigenvalue weighted by molar-refractivity contribution is 5.89. The number of urea groups is 1. The molecule has 3 N–H and O–H groups in total. The van der Waals surface area contributed by atoms with Gasteiger partial charge in [0.15, 0.2) is 0 Å². The molecule has 1 aliphatic heterocycles. The van der Waals surface area contributed by atoms with Crippen molar-refractivity contribution in [2.24, 2.45) is 0 Å². The second kappa shape index (κ2) is 7.08. The summed E-state index contributed by atoms with van der Waals surface area (Å²) in [5, 5.41) is 15.1. The minimum Gasteiger partial charge on any atom is -0.389 e. The molecule has 1 fully saturated rings. The Labute approximate surface area is 124 Å². The van der Waals surface area contributed by atoms with Crippen LogP contribution in [0.2, 0.25) is 0 Å². The lowest BCUT2D eigenvalue weighted by atomic mass is 10.2. The number of β-amino-alcohol motifs (C(OH)–C–C–N with tert-alkyl or cyclic N) is 1. The Morgan fingerprint density at radius 2 is 2.10 bits per heavy atom. The monoisotopic (exact) mass is 291 g/mol. The molecule has 0 saturated carbocycles. The van der Waals surface area contributed by atoms with Gasteiger partial charge in [0.2, 0.25) is 5.91 Å². The number of aliphatic hydroxyl groups is 1. The average molecular weight is 291 g/mol. The minimum atomic E-state index is -0.754. The van der Waals surface area contributed by atoms with Gasteiger partial charge >= 0.3 is 6.03 Å². The maximum absolute atomic E-state index is 11.7. The second-order valence-corrected chi connectivity index (χ2v) is 5.30. The summed E-state index contributed by atoms with van der Waals surface area (Å²) in [6.45, 7) is 3.04. The summed E-state index contributed by atoms with van der Waals surface area (Å²) in [7, 11) is 0. The van der Waals surface area contributed by atoms with E-state index < -0.39 is 6.10 Å². The summed E-state index contributed by atoms with van der Waals surface area (Å²) in [6.07, 6.45) is 0.636. The van der Waals surface area contributed by atoms with Gasteiger partial charge in [-0.1, -0.05) is 17.7 Å². The number of carbonyl (C=O) groups is 2. The fraction of sp³-hybridized carbons (Fsp3) is 0.467. The summed E-state index contributed by atoms with van der Waals surface area (Å²) in [5.41, 5.74) is 1.81. The molecule has 114 valence electrons. The van der Waals surface area contributed by atoms with Crippen molar-refractivity contribution in [3.8, 4) is 0 Å². The zero-order valence-electron chi connectivity index (χ0n) is 12.1. The van der Waals surface area contributed by atoms with Crippen LogP contribution in [0.15, 0.2) is 24.3 Å². The Hall–Kier alpha value is -2.08. The molecule has 21 heavy (non-hydrogen) atoms. The van der Waals surface area contributed by atoms with Gasteiger partial charge in [-0.3, -0.25) is 4.79 Å². The lowest BCUT2D eigenvalue weighted by Crippen LogP contribution is -2.41. The molecule has 0 spiro atoms. The van der Waals surface area contributed by atoms with Crippen molar-refractivity contribution < 1.29 is 14.7 Å². The van der Waals surface area contributed by atoms with E-state index in [1.807, 2.05) is 31.2 Å². The number of aliphatic hydroxyl groups excluding tert-OH is 1. The van der Waals surface area contributed by atoms with Crippen LogP contribution >= 0.6 is 0 Å². The number of hydrogen-bond acceptors (Lipinski definition) is 3. The maximum atomic E-state index is 11.7. The number of nitrogens with zero attached hydrogens (tertiary/aromatic N) is 1. The van der Waals surface area contributed by atoms with Crippen molar-refractivity contribution in [3.05, 3.63) is 29.8 Å². The number of nitrogens with one attached hydrogen (secondary N) is 2. The van der Waals surface area contributed by atoms with Gasteiger partial charge in [-0.25, -0.2) is 4.79 Å². The van der Waals surface area contributed by atoms with Crippen molar-refractivity contribution in [2.45, 2.75) is 25.9 Å². The average Bonchev–Trinajstić information content (AvgIpc) is 2.85. The predicted molar refractivity (Wildman–Crippen MR) is 80.0 cm³/mol. The first-order valence-corrected chi connectivity index (χ1v) is 7.12. The largest absolute Gasteiger partial charge is 0.389 e. The van der Waals surface area contributed by atoms with Crippen LogP contribution in [0, 0.1) is 6.92 Å². The normalized spacial score (nSPS) is 15.9. The Morgan fingerprint density at radius 1 is 1.38 bits per heavy atom. The molecule has 3 amide bonds. The number of amides is 3. The van der Waals surface area contributed by atoms with Crippen LogP contribution in [0.5, 0.6) is 0 Å². The summed E-state index contributed by atoms with van der Waals surface area (Å²) < 4.78 is 0. The summed E-state index contributed by atoms with van der Waals surface area (Å²) in [6, 6.07) is 7.07. The number of carbonyl (C=O) groups excluding carboxylic acids is 2. The molecule has 6 nitrogen and oxygen atoms in total. The predicted octanol–water partition coefficient (Wildman–Crippen LogP) is 1.10. The Morgan fingerprint density at radius 3 is 2.71 bits per heavy atom. The molecule has 1 atom stereocenters. The first-order valence-electron chi connectivity index (χ1n) is 7.12. The third-order valence-electron chi connectivity index (χ3n) is 3.41. The zero-order chi connectivity index (χ0) is 15.2. The molecule has 0 aliphatic carbocycles. The molecule has 1 aromatic rings. The van der Waals surface area contributed by atoms with Gasteiger partial charge < -0.3 is 20.6 Å². The first-order chi connectivity index (χ1) is 10.0. The number of benzene rings is 1. The highest BCUT2D eigenvalue weighted by atomic mass is 16.3. The summed E-state index contributed by atoms with van der Waals surface area (Å²) in [4.78, 5) is 24.8. The van der Waals surface area contributed by atoms with Crippen molar-refractivity contribution in [2.75, 3.05) is 25.0 Å². The van der Waals surface area contributed by atoms with E-state index >= 15 is 0 Å². The molecular weight excluding hydrogens is 270 g/mol. The molecule has 1 aromatic carbocycles. The quantitative estimate of drug-likeness (QED) is 0.760. The topological polar surface area (TPSA) is 81.7 Å². The second-order valence-electron chi connectivity index (χ2n) is 5.30. The third-order valence-corrected chi connectivity index (χ3v) is 3.41. The van der Waals surface area contributed by atoms with Gasteiger partial charge in [0.1, 0.15) is 0 Å². The van der Waals surface area contributed by atoms with E-state index in [0.29, 0.717) is 18.7 Å². The summed E-state index contributed by atoms with van der Waals surface area (Å²) in [5.74, 6) is 0.0677. The molecule has 0 bridgehead atoms. The van der Waals surface area contributed by atoms with Crippen LogP contribution in [-0.4, -0.2) is 47.7 Å². The van der Waals surface area contributed by atoms with Gasteiger partial charge in [-0.2, -0.15) is 0 Å². The molecule has 6 heteroatoms. The van der Waals surface area contributed by atoms with Gasteiger partial charge in [0.25, 0.3) is 0 Å². The van der Waals surface area contributed by atoms with Crippen LogP contribution in [0.3, 0.4) is 0 Å². The van der Waals surface area contributed by atoms with E-state index in [4.69, 9.17) is 0 Å². The smallest absolute Gasteiger partial charge is 0.319 e. The van der Waals surface area contributed by atoms with E-state index in [-0.39, 0.29) is 25.0 Å². The number of likely N-dealkylation sites (tertiary alicyclic amines) is 1. The number of anilines is 1. The van der Waals surface area contributed by atoms with E-state index in [1.165, 1.54) is 0 Å². The lowest BCUT2D eigenvalue weighted by Gasteiger charge is -2.20. The number of hydrogen-bond donors (Lipinski definition) is 3. The number of aryl methyl sites for hydroxylation is 1. The standard InChI is InChI=1S/C15H21N3O3/c1-11-4-6-12(7-5-11)17-15(21)16-9-13(19)10-18-8-2-3-14(18)20/h4-7,13,19H,2-3,8-10H2,1H3,(H2,16,17,21)/t13-/m0/s1. The minimum absolute atomic E-state index is 0.0677. The molecule has 1 aliphatic rings. The molecule has 0 unspecified atom stereocenters. The maximum Gasteiger partial charge on any atom is 0.319 e. The fourth-order valence-corrected chi connectivity index (χ4v) is 2.24. The van der Waals surface area contributed by atoms with Crippen LogP contribution < -0.4 is 10.6 Å². The van der Waals surface area contributed by atoms with Gasteiger partial charge in [-0.15, -0.1) is 0 Å². The van der Waals surface area contributed by atoms with Crippen LogP contribution in [-0.2, 0) is 4.79 Å². The van der Waals surface area contributed by atoms with Crippen molar-refractivity contribution >= 4 is 17.6 Å². The van der Waals surface area contributed by atoms with Crippen LogP contribution in [0.4, 0.5) is 10.5 Å². The molecule has 1 heterocycles. The number of rotatable bonds is 5. The van der Waals surface area contributed by atoms with Gasteiger partial charge in [-0.05, 0) is 25.5 Å². The van der Waals surface area contributed by atoms with Gasteiger partial charge in [0.05, 0.1) is 6.10 Å². The Balaban J connectivity index is 1.70. The SMILES string of the molecule is Cc1ccc(NC(=O)NC[C@H](O)CN2CCCC2=O)cc1. The first kappa shape index (κ1) is 15.3. The highest BCUT2D eigenvalue weighted by Crippen LogP contribution is 2.10. The van der Waals surface area contributed by atoms with E-state index in [0.717, 1.165) is 12.0 Å². The lowest BCUT2D eigenvalue weighted by molar-refractivity contribution is -0.128. The molecule has 0 aromatic heterocycles. The van der Waals surface area contributed by atoms with E-state index in [2.05, 4.69) is 10.6 Å². The summed E-state index contributed by atoms with van der Waals surface area (Å²) >= 11 is 0. The van der Waals surface area contributed by atoms with Crippen molar-refractivity contribution in [1.29, 1.82) is 0 Å². The van der Waals surface area contributed by atoms with E-state index in [1.54, 1.807) is 4.90 Å². The third kappa shape index (κ3) is 4.75. The molecular formula is C15H21N3O3. The molecule has 0 radical (unpaired) electrons.